The number of benzene rings is 1. The normalized spacial score (nSPS) is 11.7. The predicted molar refractivity (Wildman–Crippen MR) is 64.9 cm³/mol. The van der Waals surface area contributed by atoms with Gasteiger partial charge in [0.25, 0.3) is 0 Å². The number of ether oxygens (including phenoxy) is 1. The van der Waals surface area contributed by atoms with Crippen LogP contribution in [0.3, 0.4) is 0 Å². The van der Waals surface area contributed by atoms with Crippen LogP contribution in [0.4, 0.5) is 0 Å². The maximum Gasteiger partial charge on any atom is 0.313 e. The standard InChI is InChI=1S/C10H10Cl2O5S/c1-5(2)10(13)17-9-7(11)3-6(4-8(9)12)18(14,15)16/h3-5H,1-2H3,(H,14,15,16)/p-1. The van der Waals surface area contributed by atoms with Gasteiger partial charge < -0.3 is 9.29 Å². The zero-order valence-corrected chi connectivity index (χ0v) is 11.8. The second-order valence-corrected chi connectivity index (χ2v) is 5.94. The maximum atomic E-state index is 11.4. The molecule has 0 saturated heterocycles. The molecule has 0 radical (unpaired) electrons. The van der Waals surface area contributed by atoms with Crippen LogP contribution in [-0.4, -0.2) is 18.9 Å². The highest BCUT2D eigenvalue weighted by atomic mass is 35.5. The second kappa shape index (κ2) is 5.44. The van der Waals surface area contributed by atoms with Crippen molar-refractivity contribution in [1.29, 1.82) is 0 Å². The van der Waals surface area contributed by atoms with Crippen molar-refractivity contribution in [3.05, 3.63) is 22.2 Å². The van der Waals surface area contributed by atoms with Crippen LogP contribution in [-0.2, 0) is 14.9 Å². The summed E-state index contributed by atoms with van der Waals surface area (Å²) < 4.78 is 37.3. The molecule has 0 aromatic heterocycles. The number of esters is 1. The van der Waals surface area contributed by atoms with E-state index in [1.54, 1.807) is 13.8 Å². The molecule has 18 heavy (non-hydrogen) atoms. The molecule has 0 atom stereocenters. The minimum Gasteiger partial charge on any atom is -0.744 e. The number of carbonyl (C=O) groups excluding carboxylic acids is 1. The van der Waals surface area contributed by atoms with E-state index in [-0.39, 0.29) is 15.8 Å². The maximum absolute atomic E-state index is 11.4. The molecule has 0 aliphatic rings. The van der Waals surface area contributed by atoms with Gasteiger partial charge in [0.15, 0.2) is 5.75 Å². The van der Waals surface area contributed by atoms with Gasteiger partial charge in [-0.2, -0.15) is 0 Å². The fraction of sp³-hybridized carbons (Fsp3) is 0.300. The summed E-state index contributed by atoms with van der Waals surface area (Å²) >= 11 is 11.4. The lowest BCUT2D eigenvalue weighted by Gasteiger charge is -2.13. The van der Waals surface area contributed by atoms with Crippen LogP contribution in [0.1, 0.15) is 13.8 Å². The minimum absolute atomic E-state index is 0.163. The lowest BCUT2D eigenvalue weighted by molar-refractivity contribution is -0.137. The van der Waals surface area contributed by atoms with Gasteiger partial charge in [-0.3, -0.25) is 4.79 Å². The topological polar surface area (TPSA) is 83.5 Å². The van der Waals surface area contributed by atoms with Crippen molar-refractivity contribution in [2.24, 2.45) is 5.92 Å². The van der Waals surface area contributed by atoms with E-state index in [4.69, 9.17) is 27.9 Å². The molecule has 1 aromatic carbocycles. The van der Waals surface area contributed by atoms with Crippen molar-refractivity contribution in [3.63, 3.8) is 0 Å². The van der Waals surface area contributed by atoms with E-state index in [0.29, 0.717) is 0 Å². The minimum atomic E-state index is -4.67. The number of halogens is 2. The molecule has 0 aliphatic heterocycles. The first-order valence-corrected chi connectivity index (χ1v) is 6.96. The van der Waals surface area contributed by atoms with Crippen LogP contribution in [0.15, 0.2) is 17.0 Å². The summed E-state index contributed by atoms with van der Waals surface area (Å²) in [5.74, 6) is -1.14. The molecule has 0 spiro atoms. The van der Waals surface area contributed by atoms with Crippen LogP contribution in [0.2, 0.25) is 10.0 Å². The molecule has 0 amide bonds. The Morgan fingerprint density at radius 2 is 1.72 bits per heavy atom. The molecule has 0 N–H and O–H groups in total. The lowest BCUT2D eigenvalue weighted by Crippen LogP contribution is -2.15. The van der Waals surface area contributed by atoms with E-state index < -0.39 is 26.9 Å². The average molecular weight is 312 g/mol. The highest BCUT2D eigenvalue weighted by Gasteiger charge is 2.17. The van der Waals surface area contributed by atoms with E-state index in [1.165, 1.54) is 0 Å². The average Bonchev–Trinajstić information content (AvgIpc) is 2.21. The summed E-state index contributed by atoms with van der Waals surface area (Å²) in [6.45, 7) is 3.22. The fourth-order valence-corrected chi connectivity index (χ4v) is 2.21. The molecule has 0 fully saturated rings. The van der Waals surface area contributed by atoms with Gasteiger partial charge in [-0.25, -0.2) is 8.42 Å². The third-order valence-electron chi connectivity index (χ3n) is 1.93. The molecule has 5 nitrogen and oxygen atoms in total. The zero-order chi connectivity index (χ0) is 14.1. The number of carbonyl (C=O) groups is 1. The Bertz CT molecular complexity index is 557. The summed E-state index contributed by atoms with van der Waals surface area (Å²) in [7, 11) is -4.67. The second-order valence-electron chi connectivity index (χ2n) is 3.75. The zero-order valence-electron chi connectivity index (χ0n) is 9.44. The molecule has 100 valence electrons. The van der Waals surface area contributed by atoms with E-state index in [2.05, 4.69) is 0 Å². The largest absolute Gasteiger partial charge is 0.744 e. The van der Waals surface area contributed by atoms with Gasteiger partial charge in [0.2, 0.25) is 0 Å². The summed E-state index contributed by atoms with van der Waals surface area (Å²) in [6, 6.07) is 1.78. The van der Waals surface area contributed by atoms with Gasteiger partial charge in [-0.05, 0) is 12.1 Å². The first-order chi connectivity index (χ1) is 8.12. The Morgan fingerprint density at radius 3 is 2.06 bits per heavy atom. The molecule has 1 rings (SSSR count). The van der Waals surface area contributed by atoms with Crippen LogP contribution in [0.5, 0.6) is 5.75 Å². The van der Waals surface area contributed by atoms with Crippen LogP contribution >= 0.6 is 23.2 Å². The Labute approximate surface area is 114 Å². The highest BCUT2D eigenvalue weighted by molar-refractivity contribution is 7.85. The predicted octanol–water partition coefficient (Wildman–Crippen LogP) is 2.46. The summed E-state index contributed by atoms with van der Waals surface area (Å²) in [6.07, 6.45) is 0. The van der Waals surface area contributed by atoms with Crippen molar-refractivity contribution >= 4 is 39.3 Å². The molecule has 0 heterocycles. The van der Waals surface area contributed by atoms with Gasteiger partial charge in [0.1, 0.15) is 10.1 Å². The van der Waals surface area contributed by atoms with Gasteiger partial charge in [0.05, 0.1) is 20.9 Å². The van der Waals surface area contributed by atoms with Crippen LogP contribution < -0.4 is 4.74 Å². The van der Waals surface area contributed by atoms with Gasteiger partial charge in [0, 0.05) is 0 Å². The van der Waals surface area contributed by atoms with Crippen molar-refractivity contribution < 1.29 is 22.5 Å². The van der Waals surface area contributed by atoms with E-state index in [1.807, 2.05) is 0 Å². The molecule has 8 heteroatoms. The summed E-state index contributed by atoms with van der Waals surface area (Å²) in [5, 5.41) is -0.433. The van der Waals surface area contributed by atoms with Crippen molar-refractivity contribution in [3.8, 4) is 5.75 Å². The highest BCUT2D eigenvalue weighted by Crippen LogP contribution is 2.35. The van der Waals surface area contributed by atoms with Gasteiger partial charge in [-0.15, -0.1) is 0 Å². The quantitative estimate of drug-likeness (QED) is 0.486. The third kappa shape index (κ3) is 3.58. The van der Waals surface area contributed by atoms with Crippen molar-refractivity contribution in [2.75, 3.05) is 0 Å². The lowest BCUT2D eigenvalue weighted by atomic mass is 10.2. The first-order valence-electron chi connectivity index (χ1n) is 4.79. The molecule has 0 saturated carbocycles. The molecule has 0 aliphatic carbocycles. The smallest absolute Gasteiger partial charge is 0.313 e. The van der Waals surface area contributed by atoms with Crippen LogP contribution in [0.25, 0.3) is 0 Å². The number of hydrogen-bond acceptors (Lipinski definition) is 5. The molecule has 0 unspecified atom stereocenters. The number of hydrogen-bond donors (Lipinski definition) is 0. The molecular formula is C10H9Cl2O5S-. The molecule has 0 bridgehead atoms. The van der Waals surface area contributed by atoms with Gasteiger partial charge >= 0.3 is 5.97 Å². The Morgan fingerprint density at radius 1 is 1.28 bits per heavy atom. The Hall–Kier alpha value is -0.820. The summed E-state index contributed by atoms with van der Waals surface area (Å²) in [5.41, 5.74) is 0. The van der Waals surface area contributed by atoms with E-state index in [0.717, 1.165) is 12.1 Å². The van der Waals surface area contributed by atoms with Gasteiger partial charge in [-0.1, -0.05) is 37.0 Å². The SMILES string of the molecule is CC(C)C(=O)Oc1c(Cl)cc(S(=O)(=O)[O-])cc1Cl. The third-order valence-corrected chi connectivity index (χ3v) is 3.31. The number of rotatable bonds is 3. The van der Waals surface area contributed by atoms with E-state index in [9.17, 15) is 17.8 Å². The van der Waals surface area contributed by atoms with Crippen molar-refractivity contribution in [1.82, 2.24) is 0 Å². The Kier molecular flexibility index (Phi) is 4.61. The molecule has 1 aromatic rings. The van der Waals surface area contributed by atoms with Crippen molar-refractivity contribution in [2.45, 2.75) is 18.7 Å². The van der Waals surface area contributed by atoms with E-state index >= 15 is 0 Å². The summed E-state index contributed by atoms with van der Waals surface area (Å²) in [4.78, 5) is 10.8. The Balaban J connectivity index is 3.22. The fourth-order valence-electron chi connectivity index (χ4n) is 0.997. The molecular weight excluding hydrogens is 303 g/mol. The van der Waals surface area contributed by atoms with Crippen LogP contribution in [0, 0.1) is 5.92 Å². The first kappa shape index (κ1) is 15.2. The monoisotopic (exact) mass is 311 g/mol.